The van der Waals surface area contributed by atoms with Crippen molar-refractivity contribution < 1.29 is 19.1 Å². The minimum Gasteiger partial charge on any atom is -0.497 e. The molecule has 7 heteroatoms. The summed E-state index contributed by atoms with van der Waals surface area (Å²) in [4.78, 5) is 35.4. The van der Waals surface area contributed by atoms with Gasteiger partial charge in [0.2, 0.25) is 11.8 Å². The lowest BCUT2D eigenvalue weighted by Gasteiger charge is -2.25. The molecule has 0 spiro atoms. The monoisotopic (exact) mass is 263 g/mol. The molecular formula is C12H13N3O4. The Balaban J connectivity index is 2.03. The normalized spacial score (nSPS) is 14.9. The van der Waals surface area contributed by atoms with E-state index in [1.807, 2.05) is 0 Å². The number of amides is 4. The van der Waals surface area contributed by atoms with E-state index in [9.17, 15) is 14.4 Å². The maximum Gasteiger partial charge on any atom is 0.322 e. The number of piperazine rings is 1. The van der Waals surface area contributed by atoms with E-state index in [1.54, 1.807) is 24.3 Å². The zero-order valence-electron chi connectivity index (χ0n) is 10.3. The van der Waals surface area contributed by atoms with Gasteiger partial charge in [0, 0.05) is 11.8 Å². The lowest BCUT2D eigenvalue weighted by atomic mass is 10.3. The molecule has 1 aliphatic heterocycles. The highest BCUT2D eigenvalue weighted by atomic mass is 16.5. The van der Waals surface area contributed by atoms with Crippen LogP contribution in [0.15, 0.2) is 24.3 Å². The number of hydrogen-bond donors (Lipinski definition) is 2. The van der Waals surface area contributed by atoms with Gasteiger partial charge in [0.1, 0.15) is 18.8 Å². The predicted molar refractivity (Wildman–Crippen MR) is 66.7 cm³/mol. The maximum atomic E-state index is 11.9. The van der Waals surface area contributed by atoms with Crippen LogP contribution in [0.5, 0.6) is 5.75 Å². The zero-order valence-corrected chi connectivity index (χ0v) is 10.3. The van der Waals surface area contributed by atoms with Crippen molar-refractivity contribution in [2.45, 2.75) is 0 Å². The number of anilines is 1. The Morgan fingerprint density at radius 1 is 1.32 bits per heavy atom. The zero-order chi connectivity index (χ0) is 13.8. The van der Waals surface area contributed by atoms with Crippen LogP contribution in [0, 0.1) is 0 Å². The van der Waals surface area contributed by atoms with E-state index in [-0.39, 0.29) is 13.1 Å². The highest BCUT2D eigenvalue weighted by Crippen LogP contribution is 2.17. The molecule has 2 rings (SSSR count). The first-order valence-corrected chi connectivity index (χ1v) is 5.61. The van der Waals surface area contributed by atoms with Crippen molar-refractivity contribution in [2.75, 3.05) is 25.5 Å². The smallest absolute Gasteiger partial charge is 0.322 e. The van der Waals surface area contributed by atoms with Crippen LogP contribution in [0.2, 0.25) is 0 Å². The van der Waals surface area contributed by atoms with Crippen LogP contribution in [0.25, 0.3) is 0 Å². The maximum absolute atomic E-state index is 11.9. The highest BCUT2D eigenvalue weighted by molar-refractivity contribution is 6.04. The molecule has 1 heterocycles. The van der Waals surface area contributed by atoms with E-state index in [0.29, 0.717) is 11.4 Å². The molecule has 2 N–H and O–H groups in total. The summed E-state index contributed by atoms with van der Waals surface area (Å²) < 4.78 is 5.03. The predicted octanol–water partition coefficient (Wildman–Crippen LogP) is 0.185. The molecule has 0 aliphatic carbocycles. The van der Waals surface area contributed by atoms with Crippen molar-refractivity contribution in [1.82, 2.24) is 10.2 Å². The van der Waals surface area contributed by atoms with E-state index in [2.05, 4.69) is 10.6 Å². The number of carbonyl (C=O) groups is 3. The third kappa shape index (κ3) is 3.21. The van der Waals surface area contributed by atoms with Crippen molar-refractivity contribution in [2.24, 2.45) is 0 Å². The number of urea groups is 1. The largest absolute Gasteiger partial charge is 0.497 e. The lowest BCUT2D eigenvalue weighted by molar-refractivity contribution is -0.134. The molecule has 1 saturated heterocycles. The second-order valence-corrected chi connectivity index (χ2v) is 3.99. The van der Waals surface area contributed by atoms with Crippen molar-refractivity contribution in [3.05, 3.63) is 24.3 Å². The number of imide groups is 1. The average Bonchev–Trinajstić information content (AvgIpc) is 2.37. The van der Waals surface area contributed by atoms with Crippen LogP contribution in [0.3, 0.4) is 0 Å². The molecule has 7 nitrogen and oxygen atoms in total. The number of nitrogens with zero attached hydrogens (tertiary/aromatic N) is 1. The Morgan fingerprint density at radius 3 is 2.63 bits per heavy atom. The van der Waals surface area contributed by atoms with Gasteiger partial charge in [0.15, 0.2) is 0 Å². The molecule has 100 valence electrons. The van der Waals surface area contributed by atoms with Gasteiger partial charge in [0.25, 0.3) is 0 Å². The number of hydrogen-bond acceptors (Lipinski definition) is 4. The second-order valence-electron chi connectivity index (χ2n) is 3.99. The summed E-state index contributed by atoms with van der Waals surface area (Å²) in [5.41, 5.74) is 0.530. The number of ether oxygens (including phenoxy) is 1. The number of benzene rings is 1. The summed E-state index contributed by atoms with van der Waals surface area (Å²) in [6, 6.07) is 6.29. The van der Waals surface area contributed by atoms with E-state index in [0.717, 1.165) is 4.90 Å². The van der Waals surface area contributed by atoms with E-state index >= 15 is 0 Å². The molecule has 0 aromatic heterocycles. The van der Waals surface area contributed by atoms with Crippen LogP contribution in [-0.4, -0.2) is 42.9 Å². The molecule has 0 saturated carbocycles. The van der Waals surface area contributed by atoms with Gasteiger partial charge in [-0.25, -0.2) is 4.79 Å². The summed E-state index contributed by atoms with van der Waals surface area (Å²) in [5, 5.41) is 4.73. The Bertz CT molecular complexity index is 513. The Kier molecular flexibility index (Phi) is 3.65. The molecule has 0 unspecified atom stereocenters. The molecule has 1 aromatic carbocycles. The minimum atomic E-state index is -0.503. The molecule has 1 aromatic rings. The third-order valence-corrected chi connectivity index (χ3v) is 2.56. The van der Waals surface area contributed by atoms with Gasteiger partial charge in [0.05, 0.1) is 7.11 Å². The number of nitrogens with one attached hydrogen (secondary N) is 2. The molecule has 1 fully saturated rings. The van der Waals surface area contributed by atoms with Gasteiger partial charge in [-0.3, -0.25) is 14.9 Å². The number of carbonyl (C=O) groups excluding carboxylic acids is 3. The van der Waals surface area contributed by atoms with Crippen molar-refractivity contribution in [3.8, 4) is 5.75 Å². The summed E-state index contributed by atoms with van der Waals surface area (Å²) >= 11 is 0. The van der Waals surface area contributed by atoms with Gasteiger partial charge in [-0.1, -0.05) is 6.07 Å². The molecular weight excluding hydrogens is 250 g/mol. The van der Waals surface area contributed by atoms with Crippen LogP contribution < -0.4 is 15.4 Å². The fourth-order valence-corrected chi connectivity index (χ4v) is 1.68. The molecule has 19 heavy (non-hydrogen) atoms. The minimum absolute atomic E-state index is 0.137. The van der Waals surface area contributed by atoms with Crippen molar-refractivity contribution >= 4 is 23.5 Å². The van der Waals surface area contributed by atoms with Crippen LogP contribution in [0.4, 0.5) is 10.5 Å². The Labute approximate surface area is 109 Å². The summed E-state index contributed by atoms with van der Waals surface area (Å²) in [6.07, 6.45) is 0. The first-order chi connectivity index (χ1) is 9.08. The summed E-state index contributed by atoms with van der Waals surface area (Å²) in [6.45, 7) is -0.275. The van der Waals surface area contributed by atoms with Crippen molar-refractivity contribution in [1.29, 1.82) is 0 Å². The van der Waals surface area contributed by atoms with E-state index in [4.69, 9.17) is 4.74 Å². The number of rotatable bonds is 2. The second kappa shape index (κ2) is 5.38. The molecule has 0 bridgehead atoms. The molecule has 1 aliphatic rings. The fourth-order valence-electron chi connectivity index (χ4n) is 1.68. The van der Waals surface area contributed by atoms with E-state index < -0.39 is 17.8 Å². The average molecular weight is 263 g/mol. The molecule has 0 radical (unpaired) electrons. The topological polar surface area (TPSA) is 87.7 Å². The standard InChI is InChI=1S/C12H13N3O4/c1-19-9-4-2-3-8(5-9)13-12(18)15-6-10(16)14-11(17)7-15/h2-5H,6-7H2,1H3,(H,13,18)(H,14,16,17). The fraction of sp³-hybridized carbons (Fsp3) is 0.250. The van der Waals surface area contributed by atoms with E-state index in [1.165, 1.54) is 7.11 Å². The lowest BCUT2D eigenvalue weighted by Crippen LogP contribution is -2.54. The van der Waals surface area contributed by atoms with Crippen LogP contribution in [-0.2, 0) is 9.59 Å². The van der Waals surface area contributed by atoms with Gasteiger partial charge >= 0.3 is 6.03 Å². The van der Waals surface area contributed by atoms with Gasteiger partial charge in [-0.05, 0) is 12.1 Å². The van der Waals surface area contributed by atoms with Crippen molar-refractivity contribution in [3.63, 3.8) is 0 Å². The van der Waals surface area contributed by atoms with Crippen LogP contribution >= 0.6 is 0 Å². The first-order valence-electron chi connectivity index (χ1n) is 5.61. The van der Waals surface area contributed by atoms with Gasteiger partial charge in [-0.15, -0.1) is 0 Å². The van der Waals surface area contributed by atoms with Gasteiger partial charge in [-0.2, -0.15) is 0 Å². The Hall–Kier alpha value is -2.57. The summed E-state index contributed by atoms with van der Waals surface area (Å²) in [7, 11) is 1.52. The Morgan fingerprint density at radius 2 is 2.00 bits per heavy atom. The number of methoxy groups -OCH3 is 1. The van der Waals surface area contributed by atoms with Crippen LogP contribution in [0.1, 0.15) is 0 Å². The first kappa shape index (κ1) is 12.9. The third-order valence-electron chi connectivity index (χ3n) is 2.56. The summed E-state index contributed by atoms with van der Waals surface area (Å²) in [5.74, 6) is -0.376. The molecule has 0 atom stereocenters. The SMILES string of the molecule is COc1cccc(NC(=O)N2CC(=O)NC(=O)C2)c1. The highest BCUT2D eigenvalue weighted by Gasteiger charge is 2.26. The molecule has 4 amide bonds. The quantitative estimate of drug-likeness (QED) is 0.745. The van der Waals surface area contributed by atoms with Gasteiger partial charge < -0.3 is 15.0 Å².